The molecule has 2 heterocycles. The average molecular weight is 865 g/mol. The number of fused-ring (bicyclic) bond motifs is 2. The zero-order chi connectivity index (χ0) is 45.6. The van der Waals surface area contributed by atoms with Gasteiger partial charge in [0.2, 0.25) is 0 Å². The number of ether oxygens (including phenoxy) is 2. The number of hydrogen-bond donors (Lipinski definition) is 0. The zero-order valence-corrected chi connectivity index (χ0v) is 40.2. The van der Waals surface area contributed by atoms with Crippen LogP contribution in [0.5, 0.6) is 0 Å². The second-order valence-electron chi connectivity index (χ2n) is 19.1. The summed E-state index contributed by atoms with van der Waals surface area (Å²) in [6, 6.07) is 0.227. The van der Waals surface area contributed by atoms with Gasteiger partial charge in [-0.2, -0.15) is 0 Å². The van der Waals surface area contributed by atoms with Crippen molar-refractivity contribution in [1.82, 2.24) is 9.13 Å². The Morgan fingerprint density at radius 1 is 0.419 bits per heavy atom. The van der Waals surface area contributed by atoms with Crippen molar-refractivity contribution in [2.75, 3.05) is 13.2 Å². The summed E-state index contributed by atoms with van der Waals surface area (Å²) in [7, 11) is 0. The lowest BCUT2D eigenvalue weighted by Gasteiger charge is -2.22. The van der Waals surface area contributed by atoms with E-state index in [0.29, 0.717) is 0 Å². The van der Waals surface area contributed by atoms with Crippen molar-refractivity contribution in [1.29, 1.82) is 0 Å². The van der Waals surface area contributed by atoms with Crippen LogP contribution in [0.4, 0.5) is 0 Å². The highest BCUT2D eigenvalue weighted by molar-refractivity contribution is 5.98. The van der Waals surface area contributed by atoms with E-state index in [2.05, 4.69) is 27.7 Å². The Labute approximate surface area is 372 Å². The maximum Gasteiger partial charge on any atom is 0.329 e. The summed E-state index contributed by atoms with van der Waals surface area (Å²) in [4.78, 5) is 84.0. The van der Waals surface area contributed by atoms with Gasteiger partial charge in [0.05, 0.1) is 34.8 Å². The molecular formula is C52H84N2O8. The Kier molecular flexibility index (Phi) is 24.1. The Balaban J connectivity index is 1.87. The molecule has 2 unspecified atom stereocenters. The van der Waals surface area contributed by atoms with Gasteiger partial charge in [0.25, 0.3) is 22.2 Å². The number of aromatic nitrogens is 2. The molecule has 10 nitrogen and oxygen atoms in total. The van der Waals surface area contributed by atoms with Gasteiger partial charge in [-0.15, -0.1) is 0 Å². The fraction of sp³-hybridized carbons (Fsp3) is 0.769. The number of esters is 2. The van der Waals surface area contributed by atoms with Crippen molar-refractivity contribution in [2.24, 2.45) is 23.7 Å². The van der Waals surface area contributed by atoms with E-state index in [1.165, 1.54) is 76.3 Å². The van der Waals surface area contributed by atoms with Crippen LogP contribution in [0.2, 0.25) is 0 Å². The van der Waals surface area contributed by atoms with E-state index in [4.69, 9.17) is 9.47 Å². The lowest BCUT2D eigenvalue weighted by atomic mass is 9.95. The van der Waals surface area contributed by atoms with Crippen LogP contribution in [-0.4, -0.2) is 34.3 Å². The van der Waals surface area contributed by atoms with Crippen LogP contribution in [0.25, 0.3) is 21.5 Å². The van der Waals surface area contributed by atoms with Crippen LogP contribution >= 0.6 is 0 Å². The lowest BCUT2D eigenvalue weighted by molar-refractivity contribution is -0.151. The molecule has 0 saturated heterocycles. The number of carbonyl (C=O) groups excluding carboxylic acids is 2. The van der Waals surface area contributed by atoms with Crippen LogP contribution in [0.15, 0.2) is 31.3 Å². The van der Waals surface area contributed by atoms with Crippen LogP contribution in [0, 0.1) is 23.7 Å². The fourth-order valence-electron chi connectivity index (χ4n) is 9.21. The van der Waals surface area contributed by atoms with Gasteiger partial charge in [-0.3, -0.25) is 28.3 Å². The highest BCUT2D eigenvalue weighted by atomic mass is 16.5. The predicted octanol–water partition coefficient (Wildman–Crippen LogP) is 12.1. The molecule has 0 aliphatic rings. The summed E-state index contributed by atoms with van der Waals surface area (Å²) >= 11 is 0. The normalized spacial score (nSPS) is 14.0. The largest absolute Gasteiger partial charge is 0.464 e. The molecule has 0 bridgehead atoms. The van der Waals surface area contributed by atoms with Crippen LogP contribution in [0.1, 0.15) is 222 Å². The topological polar surface area (TPSA) is 131 Å². The Morgan fingerprint density at radius 2 is 0.661 bits per heavy atom. The Morgan fingerprint density at radius 3 is 0.919 bits per heavy atom. The predicted molar refractivity (Wildman–Crippen MR) is 255 cm³/mol. The molecule has 0 radical (unpaired) electrons. The molecule has 0 fully saturated rings. The van der Waals surface area contributed by atoms with Gasteiger partial charge in [-0.05, 0) is 61.5 Å². The Hall–Kier alpha value is -3.56. The Bertz CT molecular complexity index is 1770. The standard InChI is InChI=1S/C52H84N2O8/c1-9-13-17-21-23-27-31-39(29-25-19-15-11-3)35-61-51(59)45(37(5)6)53-47(55)41-33-43-44(34-42(41)48(53)56)50(58)54(49(43)57)46(38(7)8)52(60)62-36-40(30-26-20-16-12-4)32-28-24-22-18-14-10-2/h33-34,37-40,45-46H,9-32,35-36H2,1-8H3/t39?,40?,45-,46-/m0/s1. The first kappa shape index (κ1) is 52.8. The lowest BCUT2D eigenvalue weighted by Crippen LogP contribution is -2.39. The molecule has 0 saturated carbocycles. The van der Waals surface area contributed by atoms with Gasteiger partial charge < -0.3 is 9.47 Å². The monoisotopic (exact) mass is 865 g/mol. The molecule has 62 heavy (non-hydrogen) atoms. The average Bonchev–Trinajstić information content (AvgIpc) is 3.62. The molecule has 0 aliphatic heterocycles. The molecule has 3 rings (SSSR count). The maximum atomic E-state index is 14.1. The van der Waals surface area contributed by atoms with Crippen molar-refractivity contribution in [3.8, 4) is 0 Å². The van der Waals surface area contributed by atoms with Gasteiger partial charge in [0.1, 0.15) is 12.1 Å². The molecular weight excluding hydrogens is 781 g/mol. The number of benzene rings is 1. The van der Waals surface area contributed by atoms with E-state index < -0.39 is 58.1 Å². The minimum absolute atomic E-state index is 0.0450. The van der Waals surface area contributed by atoms with E-state index in [9.17, 15) is 28.8 Å². The van der Waals surface area contributed by atoms with Gasteiger partial charge in [0.15, 0.2) is 0 Å². The third-order valence-electron chi connectivity index (χ3n) is 13.0. The molecule has 1 aromatic carbocycles. The second-order valence-corrected chi connectivity index (χ2v) is 19.1. The van der Waals surface area contributed by atoms with Crippen LogP contribution < -0.4 is 22.2 Å². The van der Waals surface area contributed by atoms with E-state index in [0.717, 1.165) is 99.0 Å². The number of hydrogen-bond acceptors (Lipinski definition) is 8. The molecule has 0 spiro atoms. The van der Waals surface area contributed by atoms with Crippen molar-refractivity contribution < 1.29 is 19.1 Å². The van der Waals surface area contributed by atoms with Crippen molar-refractivity contribution in [3.63, 3.8) is 0 Å². The zero-order valence-electron chi connectivity index (χ0n) is 40.2. The van der Waals surface area contributed by atoms with E-state index in [-0.39, 0.29) is 46.6 Å². The molecule has 2 aromatic heterocycles. The summed E-state index contributed by atoms with van der Waals surface area (Å²) in [6.45, 7) is 16.3. The molecule has 0 N–H and O–H groups in total. The van der Waals surface area contributed by atoms with Gasteiger partial charge >= 0.3 is 11.9 Å². The summed E-state index contributed by atoms with van der Waals surface area (Å²) in [6.07, 6.45) is 27.1. The second kappa shape index (κ2) is 28.3. The fourth-order valence-corrected chi connectivity index (χ4v) is 9.21. The van der Waals surface area contributed by atoms with Gasteiger partial charge in [-0.1, -0.05) is 184 Å². The quantitative estimate of drug-likeness (QED) is 0.0428. The summed E-state index contributed by atoms with van der Waals surface area (Å²) < 4.78 is 13.8. The molecule has 350 valence electrons. The third kappa shape index (κ3) is 15.3. The smallest absolute Gasteiger partial charge is 0.329 e. The van der Waals surface area contributed by atoms with Crippen LogP contribution in [-0.2, 0) is 19.1 Å². The van der Waals surface area contributed by atoms with Gasteiger partial charge in [-0.25, -0.2) is 9.59 Å². The molecule has 4 atom stereocenters. The molecule has 0 amide bonds. The number of unbranched alkanes of at least 4 members (excludes halogenated alkanes) is 16. The van der Waals surface area contributed by atoms with E-state index in [1.54, 1.807) is 27.7 Å². The summed E-state index contributed by atoms with van der Waals surface area (Å²) in [5.74, 6) is -1.75. The number of nitrogens with zero attached hydrogens (tertiary/aromatic N) is 2. The minimum atomic E-state index is -1.17. The first-order valence-electron chi connectivity index (χ1n) is 25.1. The number of rotatable bonds is 34. The van der Waals surface area contributed by atoms with E-state index in [1.807, 2.05) is 0 Å². The first-order chi connectivity index (χ1) is 29.8. The highest BCUT2D eigenvalue weighted by Crippen LogP contribution is 2.26. The van der Waals surface area contributed by atoms with E-state index >= 15 is 0 Å². The first-order valence-corrected chi connectivity index (χ1v) is 25.1. The van der Waals surface area contributed by atoms with Crippen molar-refractivity contribution in [2.45, 2.75) is 222 Å². The van der Waals surface area contributed by atoms with Crippen molar-refractivity contribution in [3.05, 3.63) is 53.5 Å². The maximum absolute atomic E-state index is 14.1. The molecule has 10 heteroatoms. The summed E-state index contributed by atoms with van der Waals surface area (Å²) in [5.41, 5.74) is -2.83. The highest BCUT2D eigenvalue weighted by Gasteiger charge is 2.34. The van der Waals surface area contributed by atoms with Crippen molar-refractivity contribution >= 4 is 33.5 Å². The molecule has 3 aromatic rings. The summed E-state index contributed by atoms with van der Waals surface area (Å²) in [5, 5.41) is -0.180. The SMILES string of the molecule is CCCCCCCCC(CCCCCC)COC(=O)[C@H](C(C)C)n1c(=O)c2cc3c(=O)n([C@H](C(=O)OCC(CCCCCC)CCCCCCCC)C(C)C)c(=O)c3cc2c1=O. The molecule has 0 aliphatic carbocycles. The van der Waals surface area contributed by atoms with Crippen LogP contribution in [0.3, 0.4) is 0 Å². The van der Waals surface area contributed by atoms with Gasteiger partial charge in [0, 0.05) is 0 Å². The number of carbonyl (C=O) groups is 2. The third-order valence-corrected chi connectivity index (χ3v) is 13.0. The minimum Gasteiger partial charge on any atom is -0.464 e.